The predicted molar refractivity (Wildman–Crippen MR) is 68.6 cm³/mol. The number of nitrogens with one attached hydrogen (secondary N) is 1. The number of carbonyl (C=O) groups excluding carboxylic acids is 1. The molecule has 2 N–H and O–H groups in total. The topological polar surface area (TPSA) is 62.5 Å². The summed E-state index contributed by atoms with van der Waals surface area (Å²) in [6.07, 6.45) is 0. The third-order valence-corrected chi connectivity index (χ3v) is 2.72. The number of carbonyl (C=O) groups is 1. The lowest BCUT2D eigenvalue weighted by Gasteiger charge is -2.07. The highest BCUT2D eigenvalue weighted by Crippen LogP contribution is 2.17. The van der Waals surface area contributed by atoms with Crippen LogP contribution in [0.4, 0.5) is 5.69 Å². The summed E-state index contributed by atoms with van der Waals surface area (Å²) in [5.74, 6) is 0.587. The number of alkyl halides is 1. The van der Waals surface area contributed by atoms with Gasteiger partial charge in [0, 0.05) is 11.3 Å². The van der Waals surface area contributed by atoms with E-state index in [-0.39, 0.29) is 24.2 Å². The Bertz CT molecular complexity index is 551. The van der Waals surface area contributed by atoms with Gasteiger partial charge in [0.25, 0.3) is 5.91 Å². The molecule has 0 bridgehead atoms. The zero-order chi connectivity index (χ0) is 13.0. The second-order valence-electron chi connectivity index (χ2n) is 3.67. The van der Waals surface area contributed by atoms with Crippen molar-refractivity contribution in [1.29, 1.82) is 0 Å². The second-order valence-corrected chi connectivity index (χ2v) is 3.94. The summed E-state index contributed by atoms with van der Waals surface area (Å²) in [6, 6.07) is 10.2. The van der Waals surface area contributed by atoms with Crippen LogP contribution in [0.15, 0.2) is 40.8 Å². The zero-order valence-electron chi connectivity index (χ0n) is 9.52. The number of aliphatic hydroxyl groups excluding tert-OH is 1. The van der Waals surface area contributed by atoms with Gasteiger partial charge >= 0.3 is 0 Å². The minimum atomic E-state index is -0.368. The highest BCUT2D eigenvalue weighted by molar-refractivity contribution is 6.16. The van der Waals surface area contributed by atoms with Crippen molar-refractivity contribution in [2.75, 3.05) is 5.32 Å². The quantitative estimate of drug-likeness (QED) is 0.836. The van der Waals surface area contributed by atoms with Gasteiger partial charge in [0.1, 0.15) is 5.76 Å². The first-order valence-corrected chi connectivity index (χ1v) is 5.93. The van der Waals surface area contributed by atoms with Crippen LogP contribution in [0.5, 0.6) is 0 Å². The predicted octanol–water partition coefficient (Wildman–Crippen LogP) is 2.76. The molecule has 1 aromatic heterocycles. The Kier molecular flexibility index (Phi) is 4.02. The number of hydrogen-bond acceptors (Lipinski definition) is 3. The monoisotopic (exact) mass is 265 g/mol. The number of halogens is 1. The van der Waals surface area contributed by atoms with E-state index >= 15 is 0 Å². The Morgan fingerprint density at radius 2 is 2.06 bits per heavy atom. The molecular formula is C13H12ClNO3. The van der Waals surface area contributed by atoms with Crippen molar-refractivity contribution in [2.45, 2.75) is 12.5 Å². The van der Waals surface area contributed by atoms with Crippen molar-refractivity contribution in [2.24, 2.45) is 0 Å². The molecule has 0 aliphatic carbocycles. The van der Waals surface area contributed by atoms with Gasteiger partial charge in [0.2, 0.25) is 0 Å². The van der Waals surface area contributed by atoms with Gasteiger partial charge in [-0.05, 0) is 18.2 Å². The van der Waals surface area contributed by atoms with Gasteiger partial charge in [-0.15, -0.1) is 11.6 Å². The minimum absolute atomic E-state index is 0.137. The van der Waals surface area contributed by atoms with Gasteiger partial charge in [0.15, 0.2) is 5.76 Å². The van der Waals surface area contributed by atoms with Gasteiger partial charge in [-0.3, -0.25) is 4.79 Å². The van der Waals surface area contributed by atoms with Crippen LogP contribution in [0.2, 0.25) is 0 Å². The fourth-order valence-corrected chi connectivity index (χ4v) is 1.68. The van der Waals surface area contributed by atoms with Gasteiger partial charge in [-0.1, -0.05) is 18.2 Å². The normalized spacial score (nSPS) is 10.3. The average Bonchev–Trinajstić information content (AvgIpc) is 2.88. The van der Waals surface area contributed by atoms with E-state index in [9.17, 15) is 4.79 Å². The van der Waals surface area contributed by atoms with Crippen LogP contribution in [0.25, 0.3) is 0 Å². The lowest BCUT2D eigenvalue weighted by atomic mass is 10.2. The fraction of sp³-hybridized carbons (Fsp3) is 0.154. The molecule has 1 heterocycles. The van der Waals surface area contributed by atoms with Crippen molar-refractivity contribution in [3.63, 3.8) is 0 Å². The maximum atomic E-state index is 11.9. The molecule has 2 rings (SSSR count). The van der Waals surface area contributed by atoms with Crippen LogP contribution in [0.3, 0.4) is 0 Å². The van der Waals surface area contributed by atoms with Crippen LogP contribution in [0, 0.1) is 0 Å². The Hall–Kier alpha value is -1.78. The van der Waals surface area contributed by atoms with Crippen molar-refractivity contribution in [3.05, 3.63) is 53.5 Å². The summed E-state index contributed by atoms with van der Waals surface area (Å²) in [5, 5.41) is 11.8. The molecule has 0 spiro atoms. The fourth-order valence-electron chi connectivity index (χ4n) is 1.54. The zero-order valence-corrected chi connectivity index (χ0v) is 10.3. The van der Waals surface area contributed by atoms with Crippen molar-refractivity contribution >= 4 is 23.2 Å². The number of rotatable bonds is 4. The molecule has 94 valence electrons. The smallest absolute Gasteiger partial charge is 0.291 e. The molecule has 0 saturated heterocycles. The van der Waals surface area contributed by atoms with E-state index < -0.39 is 0 Å². The Morgan fingerprint density at radius 3 is 2.72 bits per heavy atom. The first-order chi connectivity index (χ1) is 8.74. The highest BCUT2D eigenvalue weighted by Gasteiger charge is 2.12. The van der Waals surface area contributed by atoms with Crippen LogP contribution < -0.4 is 5.32 Å². The van der Waals surface area contributed by atoms with Crippen LogP contribution >= 0.6 is 11.6 Å². The Labute approximate surface area is 109 Å². The summed E-state index contributed by atoms with van der Waals surface area (Å²) in [7, 11) is 0. The summed E-state index contributed by atoms with van der Waals surface area (Å²) >= 11 is 5.59. The largest absolute Gasteiger partial charge is 0.455 e. The number of para-hydroxylation sites is 1. The third-order valence-electron chi connectivity index (χ3n) is 2.45. The van der Waals surface area contributed by atoms with E-state index in [0.29, 0.717) is 17.0 Å². The molecule has 18 heavy (non-hydrogen) atoms. The van der Waals surface area contributed by atoms with E-state index in [1.54, 1.807) is 36.4 Å². The van der Waals surface area contributed by atoms with Crippen molar-refractivity contribution < 1.29 is 14.3 Å². The van der Waals surface area contributed by atoms with E-state index in [2.05, 4.69) is 5.32 Å². The summed E-state index contributed by atoms with van der Waals surface area (Å²) in [4.78, 5) is 11.9. The van der Waals surface area contributed by atoms with Gasteiger partial charge in [-0.25, -0.2) is 0 Å². The standard InChI is InChI=1S/C13H12ClNO3/c14-7-10-5-6-12(18-10)13(17)15-11-4-2-1-3-9(11)8-16/h1-6,16H,7-8H2,(H,15,17). The maximum Gasteiger partial charge on any atom is 0.291 e. The number of anilines is 1. The van der Waals surface area contributed by atoms with Gasteiger partial charge in [0.05, 0.1) is 12.5 Å². The number of hydrogen-bond donors (Lipinski definition) is 2. The maximum absolute atomic E-state index is 11.9. The average molecular weight is 266 g/mol. The first kappa shape index (κ1) is 12.7. The molecule has 4 nitrogen and oxygen atoms in total. The second kappa shape index (κ2) is 5.71. The molecule has 1 amide bonds. The third kappa shape index (κ3) is 2.72. The van der Waals surface area contributed by atoms with Crippen LogP contribution in [-0.2, 0) is 12.5 Å². The Morgan fingerprint density at radius 1 is 1.28 bits per heavy atom. The summed E-state index contributed by atoms with van der Waals surface area (Å²) < 4.78 is 5.23. The van der Waals surface area contributed by atoms with Gasteiger partial charge < -0.3 is 14.8 Å². The summed E-state index contributed by atoms with van der Waals surface area (Å²) in [5.41, 5.74) is 1.21. The number of aliphatic hydroxyl groups is 1. The molecule has 0 aliphatic rings. The molecule has 0 aliphatic heterocycles. The van der Waals surface area contributed by atoms with Crippen LogP contribution in [0.1, 0.15) is 21.9 Å². The summed E-state index contributed by atoms with van der Waals surface area (Å²) in [6.45, 7) is -0.137. The SMILES string of the molecule is O=C(Nc1ccccc1CO)c1ccc(CCl)o1. The molecule has 1 aromatic carbocycles. The number of amides is 1. The van der Waals surface area contributed by atoms with Crippen molar-refractivity contribution in [3.8, 4) is 0 Å². The number of benzene rings is 1. The Balaban J connectivity index is 2.16. The molecule has 2 aromatic rings. The highest BCUT2D eigenvalue weighted by atomic mass is 35.5. The van der Waals surface area contributed by atoms with E-state index in [0.717, 1.165) is 0 Å². The molecule has 0 atom stereocenters. The molecule has 0 fully saturated rings. The lowest BCUT2D eigenvalue weighted by Crippen LogP contribution is -2.12. The molecular weight excluding hydrogens is 254 g/mol. The van der Waals surface area contributed by atoms with Crippen molar-refractivity contribution in [1.82, 2.24) is 0 Å². The van der Waals surface area contributed by atoms with E-state index in [4.69, 9.17) is 21.1 Å². The molecule has 0 radical (unpaired) electrons. The molecule has 0 unspecified atom stereocenters. The van der Waals surface area contributed by atoms with Gasteiger partial charge in [-0.2, -0.15) is 0 Å². The molecule has 0 saturated carbocycles. The van der Waals surface area contributed by atoms with E-state index in [1.165, 1.54) is 0 Å². The van der Waals surface area contributed by atoms with Crippen LogP contribution in [-0.4, -0.2) is 11.0 Å². The lowest BCUT2D eigenvalue weighted by molar-refractivity contribution is 0.0995. The van der Waals surface area contributed by atoms with E-state index in [1.807, 2.05) is 0 Å². The first-order valence-electron chi connectivity index (χ1n) is 5.39. The minimum Gasteiger partial charge on any atom is -0.455 e. The number of furan rings is 1. The molecule has 5 heteroatoms.